The molecule has 1 heterocycles. The third-order valence-corrected chi connectivity index (χ3v) is 4.92. The Bertz CT molecular complexity index is 535. The van der Waals surface area contributed by atoms with Gasteiger partial charge in [-0.05, 0) is 36.0 Å². The minimum atomic E-state index is -0.190. The maximum Gasteiger partial charge on any atom is 0.234 e. The third-order valence-electron chi connectivity index (χ3n) is 4.43. The normalized spacial score (nSPS) is 25.6. The zero-order valence-corrected chi connectivity index (χ0v) is 12.2. The minimum absolute atomic E-state index is 0.113. The highest BCUT2D eigenvalue weighted by atomic mass is 79.9. The zero-order chi connectivity index (χ0) is 13.5. The smallest absolute Gasteiger partial charge is 0.234 e. The number of amides is 2. The van der Waals surface area contributed by atoms with Crippen molar-refractivity contribution in [3.8, 4) is 0 Å². The quantitative estimate of drug-likeness (QED) is 0.808. The fourth-order valence-corrected chi connectivity index (χ4v) is 4.11. The van der Waals surface area contributed by atoms with Gasteiger partial charge in [0.15, 0.2) is 0 Å². The molecule has 2 amide bonds. The Balaban J connectivity index is 2.05. The molecule has 1 saturated carbocycles. The lowest BCUT2D eigenvalue weighted by molar-refractivity contribution is -0.139. The molecule has 0 aromatic heterocycles. The molecule has 4 heteroatoms. The van der Waals surface area contributed by atoms with Gasteiger partial charge in [-0.15, -0.1) is 0 Å². The van der Waals surface area contributed by atoms with E-state index in [4.69, 9.17) is 0 Å². The van der Waals surface area contributed by atoms with E-state index in [1.807, 2.05) is 24.3 Å². The maximum absolute atomic E-state index is 12.3. The molecule has 1 N–H and O–H groups in total. The monoisotopic (exact) mass is 321 g/mol. The van der Waals surface area contributed by atoms with Gasteiger partial charge in [-0.3, -0.25) is 14.9 Å². The first-order valence-electron chi connectivity index (χ1n) is 6.70. The first-order chi connectivity index (χ1) is 9.11. The van der Waals surface area contributed by atoms with E-state index in [0.29, 0.717) is 6.42 Å². The number of piperidine rings is 1. The van der Waals surface area contributed by atoms with Crippen LogP contribution in [0.25, 0.3) is 0 Å². The molecule has 2 aliphatic rings. The van der Waals surface area contributed by atoms with Crippen molar-refractivity contribution in [2.45, 2.75) is 38.0 Å². The number of hydrogen-bond acceptors (Lipinski definition) is 2. The van der Waals surface area contributed by atoms with Gasteiger partial charge < -0.3 is 0 Å². The topological polar surface area (TPSA) is 46.2 Å². The van der Waals surface area contributed by atoms with Crippen molar-refractivity contribution < 1.29 is 9.59 Å². The number of halogens is 1. The van der Waals surface area contributed by atoms with E-state index in [1.54, 1.807) is 0 Å². The number of carbonyl (C=O) groups is 2. The number of carbonyl (C=O) groups excluding carboxylic acids is 2. The number of hydrogen-bond donors (Lipinski definition) is 1. The van der Waals surface area contributed by atoms with Crippen molar-refractivity contribution >= 4 is 27.7 Å². The van der Waals surface area contributed by atoms with Gasteiger partial charge in [0.2, 0.25) is 11.8 Å². The van der Waals surface area contributed by atoms with Crippen molar-refractivity contribution in [1.29, 1.82) is 0 Å². The molecule has 1 saturated heterocycles. The Labute approximate surface area is 120 Å². The number of rotatable bonds is 1. The summed E-state index contributed by atoms with van der Waals surface area (Å²) in [6, 6.07) is 7.90. The molecule has 1 atom stereocenters. The van der Waals surface area contributed by atoms with E-state index in [1.165, 1.54) is 0 Å². The number of nitrogens with one attached hydrogen (secondary N) is 1. The van der Waals surface area contributed by atoms with Crippen LogP contribution in [0.4, 0.5) is 0 Å². The Morgan fingerprint density at radius 1 is 1.21 bits per heavy atom. The van der Waals surface area contributed by atoms with E-state index >= 15 is 0 Å². The summed E-state index contributed by atoms with van der Waals surface area (Å²) < 4.78 is 0.975. The van der Waals surface area contributed by atoms with E-state index in [2.05, 4.69) is 21.2 Å². The van der Waals surface area contributed by atoms with Crippen LogP contribution in [0.1, 0.15) is 43.6 Å². The van der Waals surface area contributed by atoms with Crippen LogP contribution in [-0.2, 0) is 9.59 Å². The molecule has 1 aliphatic heterocycles. The average molecular weight is 322 g/mol. The van der Waals surface area contributed by atoms with Crippen LogP contribution in [0, 0.1) is 5.41 Å². The summed E-state index contributed by atoms with van der Waals surface area (Å²) in [6.45, 7) is 0. The van der Waals surface area contributed by atoms with Crippen LogP contribution >= 0.6 is 15.9 Å². The first kappa shape index (κ1) is 12.9. The molecule has 3 nitrogen and oxygen atoms in total. The Kier molecular flexibility index (Phi) is 3.21. The van der Waals surface area contributed by atoms with E-state index in [9.17, 15) is 9.59 Å². The standard InChI is InChI=1S/C15H16BrNO2/c16-11-5-3-4-10(8-11)13-14(19)17-12(18)9-15(13)6-1-2-7-15/h3-5,8,13H,1-2,6-7,9H2,(H,17,18,19). The summed E-state index contributed by atoms with van der Waals surface area (Å²) in [4.78, 5) is 24.1. The van der Waals surface area contributed by atoms with Crippen molar-refractivity contribution in [2.75, 3.05) is 0 Å². The van der Waals surface area contributed by atoms with Crippen LogP contribution in [-0.4, -0.2) is 11.8 Å². The van der Waals surface area contributed by atoms with Gasteiger partial charge in [0.1, 0.15) is 0 Å². The molecular formula is C15H16BrNO2. The second kappa shape index (κ2) is 4.75. The second-order valence-electron chi connectivity index (χ2n) is 5.65. The highest BCUT2D eigenvalue weighted by Gasteiger charge is 2.50. The SMILES string of the molecule is O=C1CC2(CCCC2)C(c2cccc(Br)c2)C(=O)N1. The Hall–Kier alpha value is -1.16. The van der Waals surface area contributed by atoms with E-state index in [-0.39, 0.29) is 23.1 Å². The van der Waals surface area contributed by atoms with Gasteiger partial charge >= 0.3 is 0 Å². The van der Waals surface area contributed by atoms with E-state index in [0.717, 1.165) is 35.7 Å². The number of imide groups is 1. The fraction of sp³-hybridized carbons (Fsp3) is 0.467. The lowest BCUT2D eigenvalue weighted by Gasteiger charge is -2.40. The second-order valence-corrected chi connectivity index (χ2v) is 6.56. The molecule has 1 aromatic rings. The highest BCUT2D eigenvalue weighted by molar-refractivity contribution is 9.10. The van der Waals surface area contributed by atoms with Gasteiger partial charge in [-0.25, -0.2) is 0 Å². The molecule has 100 valence electrons. The molecule has 0 radical (unpaired) electrons. The summed E-state index contributed by atoms with van der Waals surface area (Å²) in [5, 5.41) is 2.51. The number of benzene rings is 1. The van der Waals surface area contributed by atoms with Crippen molar-refractivity contribution in [3.05, 3.63) is 34.3 Å². The molecule has 1 spiro atoms. The van der Waals surface area contributed by atoms with Crippen LogP contribution in [0.2, 0.25) is 0 Å². The molecular weight excluding hydrogens is 306 g/mol. The maximum atomic E-state index is 12.3. The third kappa shape index (κ3) is 2.22. The minimum Gasteiger partial charge on any atom is -0.296 e. The van der Waals surface area contributed by atoms with E-state index < -0.39 is 0 Å². The predicted molar refractivity (Wildman–Crippen MR) is 75.6 cm³/mol. The van der Waals surface area contributed by atoms with Gasteiger partial charge in [-0.1, -0.05) is 40.9 Å². The molecule has 19 heavy (non-hydrogen) atoms. The predicted octanol–water partition coefficient (Wildman–Crippen LogP) is 3.14. The van der Waals surface area contributed by atoms with Crippen molar-refractivity contribution in [1.82, 2.24) is 5.32 Å². The first-order valence-corrected chi connectivity index (χ1v) is 7.49. The lowest BCUT2D eigenvalue weighted by Crippen LogP contribution is -2.49. The van der Waals surface area contributed by atoms with Gasteiger partial charge in [0.25, 0.3) is 0 Å². The average Bonchev–Trinajstić information content (AvgIpc) is 2.76. The summed E-state index contributed by atoms with van der Waals surface area (Å²) in [6.07, 6.45) is 4.67. The molecule has 0 bridgehead atoms. The lowest BCUT2D eigenvalue weighted by atomic mass is 9.66. The van der Waals surface area contributed by atoms with Gasteiger partial charge in [-0.2, -0.15) is 0 Å². The van der Waals surface area contributed by atoms with Crippen LogP contribution in [0.15, 0.2) is 28.7 Å². The molecule has 1 aliphatic carbocycles. The summed E-state index contributed by atoms with van der Waals surface area (Å²) in [5.74, 6) is -0.431. The summed E-state index contributed by atoms with van der Waals surface area (Å²) in [7, 11) is 0. The Morgan fingerprint density at radius 2 is 1.95 bits per heavy atom. The van der Waals surface area contributed by atoms with Gasteiger partial charge in [0, 0.05) is 10.9 Å². The summed E-state index contributed by atoms with van der Waals surface area (Å²) in [5.41, 5.74) is 0.863. The van der Waals surface area contributed by atoms with Crippen LogP contribution in [0.5, 0.6) is 0 Å². The van der Waals surface area contributed by atoms with Crippen LogP contribution in [0.3, 0.4) is 0 Å². The molecule has 1 aromatic carbocycles. The molecule has 3 rings (SSSR count). The summed E-state index contributed by atoms with van der Waals surface area (Å²) >= 11 is 3.46. The zero-order valence-electron chi connectivity index (χ0n) is 10.6. The van der Waals surface area contributed by atoms with Crippen LogP contribution < -0.4 is 5.32 Å². The molecule has 2 fully saturated rings. The van der Waals surface area contributed by atoms with Gasteiger partial charge in [0.05, 0.1) is 5.92 Å². The highest BCUT2D eigenvalue weighted by Crippen LogP contribution is 2.53. The van der Waals surface area contributed by atoms with Crippen molar-refractivity contribution in [2.24, 2.45) is 5.41 Å². The fourth-order valence-electron chi connectivity index (χ4n) is 3.69. The van der Waals surface area contributed by atoms with Crippen molar-refractivity contribution in [3.63, 3.8) is 0 Å². The largest absolute Gasteiger partial charge is 0.296 e. The Morgan fingerprint density at radius 3 is 2.63 bits per heavy atom. The molecule has 1 unspecified atom stereocenters.